The number of carbonyl (C=O) groups is 1. The minimum Gasteiger partial charge on any atom is -0.379 e. The smallest absolute Gasteiger partial charge is 0.193 e. The molecule has 0 amide bonds. The number of nitrogens with zero attached hydrogens (tertiary/aromatic N) is 1. The molecule has 0 radical (unpaired) electrons. The Labute approximate surface area is 126 Å². The zero-order valence-electron chi connectivity index (χ0n) is 10.7. The first kappa shape index (κ1) is 14.4. The van der Waals surface area contributed by atoms with Gasteiger partial charge in [-0.25, -0.2) is 0 Å². The highest BCUT2D eigenvalue weighted by Crippen LogP contribution is 2.27. The third-order valence-electron chi connectivity index (χ3n) is 3.41. The van der Waals surface area contributed by atoms with Gasteiger partial charge in [0, 0.05) is 17.5 Å². The maximum Gasteiger partial charge on any atom is 0.193 e. The van der Waals surface area contributed by atoms with Gasteiger partial charge in [-0.2, -0.15) is 0 Å². The number of alkyl halides is 1. The third kappa shape index (κ3) is 2.79. The number of carbonyl (C=O) groups excluding carboxylic acids is 1. The van der Waals surface area contributed by atoms with Crippen LogP contribution in [0.2, 0.25) is 0 Å². The van der Waals surface area contributed by atoms with Crippen LogP contribution in [0.1, 0.15) is 22.2 Å². The lowest BCUT2D eigenvalue weighted by Crippen LogP contribution is -2.57. The monoisotopic (exact) mass is 379 g/mol. The fourth-order valence-electron chi connectivity index (χ4n) is 2.16. The van der Waals surface area contributed by atoms with Crippen LogP contribution in [0.25, 0.3) is 0 Å². The van der Waals surface area contributed by atoms with E-state index < -0.39 is 5.54 Å². The molecule has 0 aromatic carbocycles. The van der Waals surface area contributed by atoms with Crippen LogP contribution in [-0.2, 0) is 4.74 Å². The second-order valence-corrected chi connectivity index (χ2v) is 6.50. The van der Waals surface area contributed by atoms with Crippen LogP contribution in [-0.4, -0.2) is 47.0 Å². The summed E-state index contributed by atoms with van der Waals surface area (Å²) in [4.78, 5) is 15.9. The number of rotatable bonds is 4. The molecule has 0 spiro atoms. The number of aryl methyl sites for hydroxylation is 1. The number of ether oxygens (including phenoxy) is 1. The molecule has 2 rings (SSSR count). The largest absolute Gasteiger partial charge is 0.379 e. The van der Waals surface area contributed by atoms with E-state index in [1.165, 1.54) is 5.56 Å². The van der Waals surface area contributed by atoms with Crippen molar-refractivity contribution in [3.8, 4) is 0 Å². The maximum atomic E-state index is 12.7. The highest BCUT2D eigenvalue weighted by atomic mass is 127. The lowest BCUT2D eigenvalue weighted by Gasteiger charge is -2.40. The molecule has 0 N–H and O–H groups in total. The molecule has 100 valence electrons. The van der Waals surface area contributed by atoms with Gasteiger partial charge in [0.2, 0.25) is 0 Å². The molecule has 1 saturated heterocycles. The van der Waals surface area contributed by atoms with Crippen molar-refractivity contribution in [3.05, 3.63) is 21.9 Å². The first-order valence-electron chi connectivity index (χ1n) is 6.06. The van der Waals surface area contributed by atoms with Crippen molar-refractivity contribution in [1.82, 2.24) is 4.90 Å². The maximum absolute atomic E-state index is 12.7. The van der Waals surface area contributed by atoms with E-state index in [9.17, 15) is 4.79 Å². The van der Waals surface area contributed by atoms with Gasteiger partial charge in [0.1, 0.15) is 0 Å². The van der Waals surface area contributed by atoms with Crippen LogP contribution >= 0.6 is 33.9 Å². The second-order valence-electron chi connectivity index (χ2n) is 4.82. The predicted octanol–water partition coefficient (Wildman–Crippen LogP) is 2.77. The molecule has 1 aromatic rings. The van der Waals surface area contributed by atoms with Crippen molar-refractivity contribution in [2.45, 2.75) is 19.4 Å². The van der Waals surface area contributed by atoms with Crippen molar-refractivity contribution in [2.75, 3.05) is 30.7 Å². The molecule has 1 aromatic heterocycles. The van der Waals surface area contributed by atoms with E-state index in [4.69, 9.17) is 4.74 Å². The summed E-state index contributed by atoms with van der Waals surface area (Å²) in [7, 11) is 0. The topological polar surface area (TPSA) is 29.5 Å². The van der Waals surface area contributed by atoms with E-state index >= 15 is 0 Å². The van der Waals surface area contributed by atoms with Crippen molar-refractivity contribution < 1.29 is 9.53 Å². The highest BCUT2D eigenvalue weighted by molar-refractivity contribution is 14.1. The van der Waals surface area contributed by atoms with E-state index in [0.29, 0.717) is 0 Å². The number of hydrogen-bond acceptors (Lipinski definition) is 4. The Morgan fingerprint density at radius 2 is 2.22 bits per heavy atom. The second kappa shape index (κ2) is 5.98. The van der Waals surface area contributed by atoms with Crippen LogP contribution in [0, 0.1) is 6.92 Å². The zero-order valence-corrected chi connectivity index (χ0v) is 13.7. The Morgan fingerprint density at radius 3 is 2.72 bits per heavy atom. The fourth-order valence-corrected chi connectivity index (χ4v) is 3.95. The Hall–Kier alpha value is 0.0200. The SMILES string of the molecule is Cc1csc(C(=O)C(C)(CI)N2CCOCC2)c1. The van der Waals surface area contributed by atoms with Crippen LogP contribution < -0.4 is 0 Å². The molecule has 1 aliphatic rings. The summed E-state index contributed by atoms with van der Waals surface area (Å²) < 4.78 is 6.18. The summed E-state index contributed by atoms with van der Waals surface area (Å²) >= 11 is 3.87. The van der Waals surface area contributed by atoms with Gasteiger partial charge in [0.25, 0.3) is 0 Å². The normalized spacial score (nSPS) is 20.6. The van der Waals surface area contributed by atoms with Gasteiger partial charge < -0.3 is 4.74 Å². The minimum atomic E-state index is -0.401. The molecule has 0 bridgehead atoms. The van der Waals surface area contributed by atoms with Crippen LogP contribution in [0.4, 0.5) is 0 Å². The highest BCUT2D eigenvalue weighted by Gasteiger charge is 2.40. The van der Waals surface area contributed by atoms with Crippen LogP contribution in [0.3, 0.4) is 0 Å². The molecule has 1 unspecified atom stereocenters. The van der Waals surface area contributed by atoms with E-state index in [1.807, 2.05) is 18.4 Å². The quantitative estimate of drug-likeness (QED) is 0.458. The Morgan fingerprint density at radius 1 is 1.56 bits per heavy atom. The zero-order chi connectivity index (χ0) is 13.2. The lowest BCUT2D eigenvalue weighted by molar-refractivity contribution is -0.00203. The average Bonchev–Trinajstić information content (AvgIpc) is 2.84. The molecule has 2 heterocycles. The Balaban J connectivity index is 2.22. The Bertz CT molecular complexity index is 428. The van der Waals surface area contributed by atoms with E-state index in [0.717, 1.165) is 35.6 Å². The van der Waals surface area contributed by atoms with Crippen molar-refractivity contribution >= 4 is 39.7 Å². The molecule has 0 aliphatic carbocycles. The molecule has 3 nitrogen and oxygen atoms in total. The molecule has 1 fully saturated rings. The molecule has 1 atom stereocenters. The predicted molar refractivity (Wildman–Crippen MR) is 83.1 cm³/mol. The van der Waals surface area contributed by atoms with Crippen molar-refractivity contribution in [3.63, 3.8) is 0 Å². The summed E-state index contributed by atoms with van der Waals surface area (Å²) in [5, 5.41) is 2.04. The number of ketones is 1. The molecule has 0 saturated carbocycles. The minimum absolute atomic E-state index is 0.247. The van der Waals surface area contributed by atoms with Crippen molar-refractivity contribution in [2.24, 2.45) is 0 Å². The third-order valence-corrected chi connectivity index (χ3v) is 5.94. The summed E-state index contributed by atoms with van der Waals surface area (Å²) in [5.41, 5.74) is 0.767. The summed E-state index contributed by atoms with van der Waals surface area (Å²) in [6.07, 6.45) is 0. The number of halogens is 1. The van der Waals surface area contributed by atoms with E-state index in [-0.39, 0.29) is 5.78 Å². The molecular weight excluding hydrogens is 361 g/mol. The summed E-state index contributed by atoms with van der Waals surface area (Å²) in [5.74, 6) is 0.247. The fraction of sp³-hybridized carbons (Fsp3) is 0.615. The first-order valence-corrected chi connectivity index (χ1v) is 8.47. The first-order chi connectivity index (χ1) is 8.58. The summed E-state index contributed by atoms with van der Waals surface area (Å²) in [6, 6.07) is 2.00. The van der Waals surface area contributed by atoms with Crippen LogP contribution in [0.5, 0.6) is 0 Å². The average molecular weight is 379 g/mol. The van der Waals surface area contributed by atoms with Gasteiger partial charge in [-0.3, -0.25) is 9.69 Å². The van der Waals surface area contributed by atoms with Gasteiger partial charge >= 0.3 is 0 Å². The number of thiophene rings is 1. The lowest BCUT2D eigenvalue weighted by atomic mass is 9.94. The molecule has 18 heavy (non-hydrogen) atoms. The number of hydrogen-bond donors (Lipinski definition) is 0. The molecule has 1 aliphatic heterocycles. The summed E-state index contributed by atoms with van der Waals surface area (Å²) in [6.45, 7) is 7.22. The van der Waals surface area contributed by atoms with E-state index in [1.54, 1.807) is 11.3 Å². The van der Waals surface area contributed by atoms with Gasteiger partial charge in [-0.1, -0.05) is 22.6 Å². The number of Topliss-reactive ketones (excluding diaryl/α,β-unsaturated/α-hetero) is 1. The van der Waals surface area contributed by atoms with Gasteiger partial charge in [-0.15, -0.1) is 11.3 Å². The van der Waals surface area contributed by atoms with Crippen LogP contribution in [0.15, 0.2) is 11.4 Å². The number of morpholine rings is 1. The molecule has 5 heteroatoms. The Kier molecular flexibility index (Phi) is 4.80. The molecular formula is C13H18INO2S. The van der Waals surface area contributed by atoms with E-state index in [2.05, 4.69) is 34.4 Å². The van der Waals surface area contributed by atoms with Gasteiger partial charge in [-0.05, 0) is 30.9 Å². The van der Waals surface area contributed by atoms with Crippen molar-refractivity contribution in [1.29, 1.82) is 0 Å². The standard InChI is InChI=1S/C13H18INO2S/c1-10-7-11(18-8-10)12(16)13(2,9-14)15-3-5-17-6-4-15/h7-8H,3-6,9H2,1-2H3. The van der Waals surface area contributed by atoms with Gasteiger partial charge in [0.15, 0.2) is 5.78 Å². The van der Waals surface area contributed by atoms with Gasteiger partial charge in [0.05, 0.1) is 23.6 Å².